The highest BCUT2D eigenvalue weighted by Crippen LogP contribution is 2.36. The van der Waals surface area contributed by atoms with Crippen LogP contribution in [0.2, 0.25) is 0 Å². The molecular formula is C13H17F2NO5. The number of rotatable bonds is 8. The van der Waals surface area contributed by atoms with E-state index in [1.165, 1.54) is 0 Å². The summed E-state index contributed by atoms with van der Waals surface area (Å²) in [6.07, 6.45) is 0. The van der Waals surface area contributed by atoms with Gasteiger partial charge in [-0.05, 0) is 26.8 Å². The molecule has 0 amide bonds. The van der Waals surface area contributed by atoms with E-state index in [0.717, 1.165) is 12.1 Å². The van der Waals surface area contributed by atoms with E-state index in [1.54, 1.807) is 20.8 Å². The third-order valence-electron chi connectivity index (χ3n) is 2.58. The molecule has 0 aliphatic carbocycles. The lowest BCUT2D eigenvalue weighted by atomic mass is 10.1. The quantitative estimate of drug-likeness (QED) is 0.419. The predicted octanol–water partition coefficient (Wildman–Crippen LogP) is 3.09. The van der Waals surface area contributed by atoms with Crippen molar-refractivity contribution >= 4 is 5.69 Å². The van der Waals surface area contributed by atoms with Crippen molar-refractivity contribution in [2.45, 2.75) is 26.7 Å². The average molecular weight is 305 g/mol. The monoisotopic (exact) mass is 305 g/mol. The normalized spacial score (nSPS) is 11.7. The van der Waals surface area contributed by atoms with Gasteiger partial charge < -0.3 is 14.2 Å². The molecule has 0 N–H and O–H groups in total. The predicted molar refractivity (Wildman–Crippen MR) is 69.6 cm³/mol. The molecule has 1 aromatic carbocycles. The Morgan fingerprint density at radius 2 is 1.57 bits per heavy atom. The second-order valence-electron chi connectivity index (χ2n) is 3.87. The molecule has 0 bridgehead atoms. The van der Waals surface area contributed by atoms with E-state index in [-0.39, 0.29) is 19.8 Å². The van der Waals surface area contributed by atoms with E-state index in [4.69, 9.17) is 14.2 Å². The zero-order chi connectivity index (χ0) is 16.0. The minimum atomic E-state index is -2.15. The Balaban J connectivity index is 3.55. The molecule has 0 aliphatic rings. The molecule has 0 aromatic heterocycles. The average Bonchev–Trinajstić information content (AvgIpc) is 2.39. The zero-order valence-corrected chi connectivity index (χ0v) is 12.0. The van der Waals surface area contributed by atoms with Gasteiger partial charge in [-0.2, -0.15) is 4.39 Å². The Kier molecular flexibility index (Phi) is 6.13. The smallest absolute Gasteiger partial charge is 0.318 e. The highest BCUT2D eigenvalue weighted by atomic mass is 19.1. The Morgan fingerprint density at radius 1 is 1.10 bits per heavy atom. The first-order valence-corrected chi connectivity index (χ1v) is 6.48. The van der Waals surface area contributed by atoms with E-state index in [9.17, 15) is 18.9 Å². The van der Waals surface area contributed by atoms with Gasteiger partial charge in [-0.1, -0.05) is 0 Å². The second kappa shape index (κ2) is 7.39. The van der Waals surface area contributed by atoms with Crippen molar-refractivity contribution in [1.29, 1.82) is 0 Å². The first-order valence-electron chi connectivity index (χ1n) is 6.48. The fourth-order valence-electron chi connectivity index (χ4n) is 1.87. The second-order valence-corrected chi connectivity index (χ2v) is 3.87. The molecule has 8 heteroatoms. The minimum Gasteiger partial charge on any atom is -0.324 e. The van der Waals surface area contributed by atoms with Gasteiger partial charge in [-0.25, -0.2) is 4.39 Å². The molecule has 0 saturated heterocycles. The van der Waals surface area contributed by atoms with E-state index in [0.29, 0.717) is 0 Å². The number of nitrogens with zero attached hydrogens (tertiary/aromatic N) is 1. The van der Waals surface area contributed by atoms with Gasteiger partial charge in [0.05, 0.1) is 4.92 Å². The van der Waals surface area contributed by atoms with Crippen LogP contribution in [-0.4, -0.2) is 24.7 Å². The van der Waals surface area contributed by atoms with Gasteiger partial charge in [-0.3, -0.25) is 10.1 Å². The Labute approximate surface area is 120 Å². The number of ether oxygens (including phenoxy) is 3. The van der Waals surface area contributed by atoms with Crippen LogP contribution in [-0.2, 0) is 20.2 Å². The molecule has 0 atom stereocenters. The number of nitro benzene ring substituents is 1. The van der Waals surface area contributed by atoms with Crippen LogP contribution in [0.3, 0.4) is 0 Å². The van der Waals surface area contributed by atoms with E-state index >= 15 is 0 Å². The Hall–Kier alpha value is -1.64. The third-order valence-corrected chi connectivity index (χ3v) is 2.58. The summed E-state index contributed by atoms with van der Waals surface area (Å²) < 4.78 is 44.1. The van der Waals surface area contributed by atoms with Crippen LogP contribution >= 0.6 is 0 Å². The largest absolute Gasteiger partial charge is 0.324 e. The minimum absolute atomic E-state index is 0.0293. The van der Waals surface area contributed by atoms with Gasteiger partial charge in [-0.15, -0.1) is 0 Å². The summed E-state index contributed by atoms with van der Waals surface area (Å²) in [6.45, 7) is 4.84. The van der Waals surface area contributed by atoms with Crippen molar-refractivity contribution in [3.63, 3.8) is 0 Å². The maximum Gasteiger partial charge on any atom is 0.318 e. The van der Waals surface area contributed by atoms with Crippen LogP contribution in [0, 0.1) is 21.7 Å². The van der Waals surface area contributed by atoms with Crippen LogP contribution in [0.5, 0.6) is 0 Å². The van der Waals surface area contributed by atoms with Crippen molar-refractivity contribution in [1.82, 2.24) is 0 Å². The van der Waals surface area contributed by atoms with Gasteiger partial charge in [0.15, 0.2) is 0 Å². The molecule has 0 radical (unpaired) electrons. The molecule has 0 heterocycles. The molecule has 21 heavy (non-hydrogen) atoms. The van der Waals surface area contributed by atoms with Crippen LogP contribution in [0.25, 0.3) is 0 Å². The molecule has 0 saturated carbocycles. The third kappa shape index (κ3) is 3.52. The first kappa shape index (κ1) is 17.4. The van der Waals surface area contributed by atoms with E-state index < -0.39 is 33.8 Å². The molecule has 1 aromatic rings. The maximum atomic E-state index is 14.3. The van der Waals surface area contributed by atoms with Gasteiger partial charge >= 0.3 is 11.7 Å². The van der Waals surface area contributed by atoms with Crippen molar-refractivity contribution in [2.75, 3.05) is 19.8 Å². The lowest BCUT2D eigenvalue weighted by Gasteiger charge is -2.32. The number of hydrogen-bond donors (Lipinski definition) is 0. The number of halogens is 2. The summed E-state index contributed by atoms with van der Waals surface area (Å²) >= 11 is 0. The summed E-state index contributed by atoms with van der Waals surface area (Å²) in [6, 6.07) is 1.52. The fraction of sp³-hybridized carbons (Fsp3) is 0.538. The maximum absolute atomic E-state index is 14.3. The Bertz CT molecular complexity index is 493. The molecule has 118 valence electrons. The van der Waals surface area contributed by atoms with E-state index in [1.807, 2.05) is 0 Å². The zero-order valence-electron chi connectivity index (χ0n) is 12.0. The first-order chi connectivity index (χ1) is 9.93. The van der Waals surface area contributed by atoms with Crippen LogP contribution in [0.15, 0.2) is 12.1 Å². The van der Waals surface area contributed by atoms with Crippen LogP contribution in [0.1, 0.15) is 26.3 Å². The Morgan fingerprint density at radius 3 is 1.95 bits per heavy atom. The summed E-state index contributed by atoms with van der Waals surface area (Å²) in [5.41, 5.74) is -1.64. The van der Waals surface area contributed by atoms with Gasteiger partial charge in [0.1, 0.15) is 11.4 Å². The molecule has 6 nitrogen and oxygen atoms in total. The molecule has 0 unspecified atom stereocenters. The summed E-state index contributed by atoms with van der Waals surface area (Å²) in [5.74, 6) is -4.58. The SMILES string of the molecule is CCOC(OCC)(OCC)c1c(F)ccc([N+](=O)[O-])c1F. The topological polar surface area (TPSA) is 70.8 Å². The fourth-order valence-corrected chi connectivity index (χ4v) is 1.87. The highest BCUT2D eigenvalue weighted by Gasteiger charge is 2.43. The lowest BCUT2D eigenvalue weighted by Crippen LogP contribution is -2.38. The number of benzene rings is 1. The molecule has 0 spiro atoms. The van der Waals surface area contributed by atoms with E-state index in [2.05, 4.69) is 0 Å². The van der Waals surface area contributed by atoms with Gasteiger partial charge in [0.2, 0.25) is 5.82 Å². The van der Waals surface area contributed by atoms with Crippen molar-refractivity contribution in [3.8, 4) is 0 Å². The van der Waals surface area contributed by atoms with Crippen LogP contribution < -0.4 is 0 Å². The van der Waals surface area contributed by atoms with Crippen LogP contribution in [0.4, 0.5) is 14.5 Å². The molecule has 1 rings (SSSR count). The summed E-state index contributed by atoms with van der Waals surface area (Å²) in [5, 5.41) is 10.8. The van der Waals surface area contributed by atoms with Gasteiger partial charge in [0.25, 0.3) is 0 Å². The molecular weight excluding hydrogens is 288 g/mol. The van der Waals surface area contributed by atoms with Crippen molar-refractivity contribution in [2.24, 2.45) is 0 Å². The highest BCUT2D eigenvalue weighted by molar-refractivity contribution is 5.39. The number of hydrogen-bond acceptors (Lipinski definition) is 5. The summed E-state index contributed by atoms with van der Waals surface area (Å²) in [7, 11) is 0. The lowest BCUT2D eigenvalue weighted by molar-refractivity contribution is -0.398. The number of nitro groups is 1. The van der Waals surface area contributed by atoms with Crippen molar-refractivity contribution in [3.05, 3.63) is 39.4 Å². The standard InChI is InChI=1S/C13H17F2NO5/c1-4-19-13(20-5-2,21-6-3)11-9(14)7-8-10(12(11)15)16(17)18/h7-8H,4-6H2,1-3H3. The van der Waals surface area contributed by atoms with Crippen molar-refractivity contribution < 1.29 is 27.9 Å². The van der Waals surface area contributed by atoms with Gasteiger partial charge in [0, 0.05) is 25.9 Å². The summed E-state index contributed by atoms with van der Waals surface area (Å²) in [4.78, 5) is 9.85. The molecule has 0 aliphatic heterocycles. The molecule has 0 fully saturated rings.